The Kier molecular flexibility index (Phi) is 4.08. The molecule has 21 heavy (non-hydrogen) atoms. The first kappa shape index (κ1) is 14.3. The summed E-state index contributed by atoms with van der Waals surface area (Å²) in [5.41, 5.74) is 5.11. The van der Waals surface area contributed by atoms with Gasteiger partial charge in [0.25, 0.3) is 0 Å². The first-order valence-corrected chi connectivity index (χ1v) is 7.60. The first-order chi connectivity index (χ1) is 10.2. The molecule has 1 N–H and O–H groups in total. The molecule has 0 fully saturated rings. The first-order valence-electron chi connectivity index (χ1n) is 7.60. The quantitative estimate of drug-likeness (QED) is 0.935. The van der Waals surface area contributed by atoms with Crippen molar-refractivity contribution in [1.82, 2.24) is 15.2 Å². The van der Waals surface area contributed by atoms with Crippen molar-refractivity contribution < 1.29 is 4.74 Å². The summed E-state index contributed by atoms with van der Waals surface area (Å²) in [5, 5.41) is 4.68. The molecule has 2 heterocycles. The van der Waals surface area contributed by atoms with Crippen molar-refractivity contribution in [2.45, 2.75) is 26.4 Å². The van der Waals surface area contributed by atoms with E-state index in [9.17, 15) is 0 Å². The maximum atomic E-state index is 5.39. The van der Waals surface area contributed by atoms with Crippen LogP contribution < -0.4 is 10.1 Å². The smallest absolute Gasteiger partial charge is 0.119 e. The molecule has 0 unspecified atom stereocenters. The van der Waals surface area contributed by atoms with Crippen molar-refractivity contribution in [1.29, 1.82) is 0 Å². The summed E-state index contributed by atoms with van der Waals surface area (Å²) in [6, 6.07) is 6.18. The highest BCUT2D eigenvalue weighted by Gasteiger charge is 2.20. The van der Waals surface area contributed by atoms with Crippen LogP contribution in [-0.2, 0) is 19.5 Å². The molecule has 4 heteroatoms. The number of nitrogens with one attached hydrogen (secondary N) is 1. The predicted molar refractivity (Wildman–Crippen MR) is 85.7 cm³/mol. The lowest BCUT2D eigenvalue weighted by Gasteiger charge is -2.27. The van der Waals surface area contributed by atoms with Crippen molar-refractivity contribution in [2.75, 3.05) is 27.2 Å². The Labute approximate surface area is 126 Å². The molecule has 1 aromatic carbocycles. The maximum Gasteiger partial charge on any atom is 0.119 e. The van der Waals surface area contributed by atoms with Gasteiger partial charge >= 0.3 is 0 Å². The lowest BCUT2D eigenvalue weighted by atomic mass is 9.95. The maximum absolute atomic E-state index is 5.39. The van der Waals surface area contributed by atoms with E-state index in [0.717, 1.165) is 43.9 Å². The van der Waals surface area contributed by atoms with E-state index in [2.05, 4.69) is 36.3 Å². The molecule has 4 nitrogen and oxygen atoms in total. The molecule has 1 aliphatic heterocycles. The fourth-order valence-electron chi connectivity index (χ4n) is 3.02. The molecule has 0 amide bonds. The second-order valence-corrected chi connectivity index (χ2v) is 5.67. The van der Waals surface area contributed by atoms with Crippen LogP contribution in [0.2, 0.25) is 0 Å². The van der Waals surface area contributed by atoms with Gasteiger partial charge in [-0.15, -0.1) is 0 Å². The second kappa shape index (κ2) is 6.00. The van der Waals surface area contributed by atoms with E-state index < -0.39 is 0 Å². The number of ether oxygens (including phenoxy) is 1. The van der Waals surface area contributed by atoms with Crippen molar-refractivity contribution >= 4 is 10.9 Å². The minimum absolute atomic E-state index is 0.888. The van der Waals surface area contributed by atoms with Gasteiger partial charge in [-0.3, -0.25) is 4.98 Å². The van der Waals surface area contributed by atoms with Gasteiger partial charge in [-0.1, -0.05) is 6.92 Å². The number of rotatable bonds is 4. The Bertz CT molecular complexity index is 654. The Morgan fingerprint density at radius 1 is 1.38 bits per heavy atom. The Hall–Kier alpha value is -1.65. The van der Waals surface area contributed by atoms with Gasteiger partial charge in [0, 0.05) is 37.1 Å². The lowest BCUT2D eigenvalue weighted by Crippen LogP contribution is -2.29. The summed E-state index contributed by atoms with van der Waals surface area (Å²) >= 11 is 0. The van der Waals surface area contributed by atoms with Gasteiger partial charge in [0.05, 0.1) is 12.6 Å². The summed E-state index contributed by atoms with van der Waals surface area (Å²) in [7, 11) is 3.89. The number of benzene rings is 1. The van der Waals surface area contributed by atoms with E-state index in [0.29, 0.717) is 0 Å². The summed E-state index contributed by atoms with van der Waals surface area (Å²) in [6.45, 7) is 6.07. The third-order valence-electron chi connectivity index (χ3n) is 4.21. The van der Waals surface area contributed by atoms with Gasteiger partial charge in [-0.05, 0) is 42.9 Å². The normalized spacial score (nSPS) is 15.2. The highest BCUT2D eigenvalue weighted by atomic mass is 16.5. The summed E-state index contributed by atoms with van der Waals surface area (Å²) in [4.78, 5) is 7.25. The molecule has 0 bridgehead atoms. The second-order valence-electron chi connectivity index (χ2n) is 5.67. The van der Waals surface area contributed by atoms with Gasteiger partial charge in [-0.2, -0.15) is 0 Å². The minimum Gasteiger partial charge on any atom is -0.497 e. The molecule has 0 saturated carbocycles. The van der Waals surface area contributed by atoms with Gasteiger partial charge in [0.2, 0.25) is 0 Å². The van der Waals surface area contributed by atoms with E-state index in [-0.39, 0.29) is 0 Å². The van der Waals surface area contributed by atoms with Crippen molar-refractivity contribution in [3.05, 3.63) is 35.0 Å². The van der Waals surface area contributed by atoms with Crippen LogP contribution in [0.15, 0.2) is 18.2 Å². The molecule has 1 aromatic heterocycles. The van der Waals surface area contributed by atoms with Crippen molar-refractivity contribution in [3.63, 3.8) is 0 Å². The van der Waals surface area contributed by atoms with E-state index in [1.807, 2.05) is 6.07 Å². The largest absolute Gasteiger partial charge is 0.497 e. The van der Waals surface area contributed by atoms with Crippen LogP contribution in [0.4, 0.5) is 0 Å². The van der Waals surface area contributed by atoms with Crippen LogP contribution in [0.5, 0.6) is 5.75 Å². The zero-order chi connectivity index (χ0) is 14.8. The molecule has 2 aromatic rings. The van der Waals surface area contributed by atoms with Crippen LogP contribution in [-0.4, -0.2) is 37.1 Å². The van der Waals surface area contributed by atoms with Crippen LogP contribution in [0.1, 0.15) is 23.7 Å². The number of methoxy groups -OCH3 is 1. The number of hydrogen-bond acceptors (Lipinski definition) is 4. The average molecular weight is 285 g/mol. The minimum atomic E-state index is 0.888. The molecule has 112 valence electrons. The molecule has 0 aliphatic carbocycles. The summed E-state index contributed by atoms with van der Waals surface area (Å²) < 4.78 is 5.39. The highest BCUT2D eigenvalue weighted by molar-refractivity contribution is 5.85. The monoisotopic (exact) mass is 285 g/mol. The molecule has 3 rings (SSSR count). The highest BCUT2D eigenvalue weighted by Crippen LogP contribution is 2.30. The molecule has 0 saturated heterocycles. The standard InChI is InChI=1S/C17H23N3O/c1-4-18-10-14-13-9-12(21-3)5-6-16(13)19-17-7-8-20(2)11-15(14)17/h5-6,9,18H,4,7-8,10-11H2,1-3H3. The zero-order valence-corrected chi connectivity index (χ0v) is 13.1. The summed E-state index contributed by atoms with van der Waals surface area (Å²) in [5.74, 6) is 0.895. The topological polar surface area (TPSA) is 37.4 Å². The molecule has 0 spiro atoms. The van der Waals surface area contributed by atoms with Crippen molar-refractivity contribution in [3.8, 4) is 5.75 Å². The van der Waals surface area contributed by atoms with Gasteiger partial charge in [0.15, 0.2) is 0 Å². The number of likely N-dealkylation sites (N-methyl/N-ethyl adjacent to an activating group) is 1. The Morgan fingerprint density at radius 2 is 2.24 bits per heavy atom. The van der Waals surface area contributed by atoms with Crippen LogP contribution in [0, 0.1) is 0 Å². The molecular weight excluding hydrogens is 262 g/mol. The molecule has 0 atom stereocenters. The Morgan fingerprint density at radius 3 is 3.00 bits per heavy atom. The number of aromatic nitrogens is 1. The predicted octanol–water partition coefficient (Wildman–Crippen LogP) is 2.34. The van der Waals surface area contributed by atoms with Gasteiger partial charge in [0.1, 0.15) is 5.75 Å². The van der Waals surface area contributed by atoms with Crippen molar-refractivity contribution in [2.24, 2.45) is 0 Å². The number of hydrogen-bond donors (Lipinski definition) is 1. The zero-order valence-electron chi connectivity index (χ0n) is 13.1. The van der Waals surface area contributed by atoms with E-state index in [4.69, 9.17) is 9.72 Å². The van der Waals surface area contributed by atoms with E-state index in [1.54, 1.807) is 7.11 Å². The van der Waals surface area contributed by atoms with E-state index in [1.165, 1.54) is 22.2 Å². The number of nitrogens with zero attached hydrogens (tertiary/aromatic N) is 2. The SMILES string of the molecule is CCNCc1c2c(nc3ccc(OC)cc13)CCN(C)C2. The van der Waals surface area contributed by atoms with Crippen LogP contribution in [0.25, 0.3) is 10.9 Å². The average Bonchev–Trinajstić information content (AvgIpc) is 2.51. The Balaban J connectivity index is 2.19. The third kappa shape index (κ3) is 2.74. The summed E-state index contributed by atoms with van der Waals surface area (Å²) in [6.07, 6.45) is 1.03. The molecular formula is C17H23N3O. The van der Waals surface area contributed by atoms with E-state index >= 15 is 0 Å². The van der Waals surface area contributed by atoms with Crippen LogP contribution >= 0.6 is 0 Å². The van der Waals surface area contributed by atoms with Gasteiger partial charge < -0.3 is 15.0 Å². The number of fused-ring (bicyclic) bond motifs is 2. The molecule has 1 aliphatic rings. The number of pyridine rings is 1. The fourth-order valence-corrected chi connectivity index (χ4v) is 3.02. The fraction of sp³-hybridized carbons (Fsp3) is 0.471. The molecule has 0 radical (unpaired) electrons. The lowest BCUT2D eigenvalue weighted by molar-refractivity contribution is 0.309. The van der Waals surface area contributed by atoms with Gasteiger partial charge in [-0.25, -0.2) is 0 Å². The third-order valence-corrected chi connectivity index (χ3v) is 4.21. The van der Waals surface area contributed by atoms with Crippen LogP contribution in [0.3, 0.4) is 0 Å².